The van der Waals surface area contributed by atoms with Crippen molar-refractivity contribution in [1.29, 1.82) is 0 Å². The standard InChI is InChI=1S/C19H15F2NO3/c1-24-17-4-2-12-3-5-18(7-13(12)6-17)25-11-19(23)22-16-9-14(20)8-15(21)10-16/h2-10H,11H2,1H3,(H,22,23). The van der Waals surface area contributed by atoms with Gasteiger partial charge in [0.15, 0.2) is 6.61 Å². The van der Waals surface area contributed by atoms with E-state index in [9.17, 15) is 13.6 Å². The normalized spacial score (nSPS) is 10.5. The van der Waals surface area contributed by atoms with Gasteiger partial charge in [-0.15, -0.1) is 0 Å². The van der Waals surface area contributed by atoms with Crippen molar-refractivity contribution in [3.63, 3.8) is 0 Å². The summed E-state index contributed by atoms with van der Waals surface area (Å²) >= 11 is 0. The highest BCUT2D eigenvalue weighted by molar-refractivity contribution is 5.92. The molecular weight excluding hydrogens is 328 g/mol. The quantitative estimate of drug-likeness (QED) is 0.757. The fourth-order valence-electron chi connectivity index (χ4n) is 2.39. The smallest absolute Gasteiger partial charge is 0.262 e. The third kappa shape index (κ3) is 4.23. The molecule has 0 radical (unpaired) electrons. The van der Waals surface area contributed by atoms with E-state index in [1.807, 2.05) is 24.3 Å². The van der Waals surface area contributed by atoms with Gasteiger partial charge >= 0.3 is 0 Å². The third-order valence-corrected chi connectivity index (χ3v) is 3.54. The third-order valence-electron chi connectivity index (χ3n) is 3.54. The molecule has 1 amide bonds. The van der Waals surface area contributed by atoms with Crippen LogP contribution in [-0.2, 0) is 4.79 Å². The van der Waals surface area contributed by atoms with Crippen molar-refractivity contribution in [2.75, 3.05) is 19.0 Å². The minimum Gasteiger partial charge on any atom is -0.497 e. The Labute approximate surface area is 143 Å². The fraction of sp³-hybridized carbons (Fsp3) is 0.105. The Bertz CT molecular complexity index is 907. The molecule has 0 spiro atoms. The van der Waals surface area contributed by atoms with Gasteiger partial charge in [-0.2, -0.15) is 0 Å². The zero-order chi connectivity index (χ0) is 17.8. The summed E-state index contributed by atoms with van der Waals surface area (Å²) in [5, 5.41) is 4.30. The first-order chi connectivity index (χ1) is 12.0. The van der Waals surface area contributed by atoms with E-state index in [2.05, 4.69) is 5.32 Å². The molecule has 0 saturated carbocycles. The van der Waals surface area contributed by atoms with Crippen LogP contribution >= 0.6 is 0 Å². The monoisotopic (exact) mass is 343 g/mol. The molecule has 3 aromatic rings. The molecule has 4 nitrogen and oxygen atoms in total. The number of hydrogen-bond donors (Lipinski definition) is 1. The maximum Gasteiger partial charge on any atom is 0.262 e. The van der Waals surface area contributed by atoms with Gasteiger partial charge in [0.25, 0.3) is 5.91 Å². The molecule has 0 aliphatic heterocycles. The van der Waals surface area contributed by atoms with E-state index in [1.165, 1.54) is 0 Å². The lowest BCUT2D eigenvalue weighted by atomic mass is 10.1. The summed E-state index contributed by atoms with van der Waals surface area (Å²) in [5.74, 6) is -0.827. The summed E-state index contributed by atoms with van der Waals surface area (Å²) in [6.07, 6.45) is 0. The van der Waals surface area contributed by atoms with Gasteiger partial charge in [-0.05, 0) is 47.2 Å². The summed E-state index contributed by atoms with van der Waals surface area (Å²) < 4.78 is 36.8. The van der Waals surface area contributed by atoms with Crippen molar-refractivity contribution in [1.82, 2.24) is 0 Å². The molecule has 128 valence electrons. The molecule has 0 aliphatic rings. The maximum absolute atomic E-state index is 13.1. The molecule has 6 heteroatoms. The second kappa shape index (κ2) is 7.17. The highest BCUT2D eigenvalue weighted by atomic mass is 19.1. The molecular formula is C19H15F2NO3. The maximum atomic E-state index is 13.1. The number of carbonyl (C=O) groups is 1. The number of halogens is 2. The molecule has 1 N–H and O–H groups in total. The van der Waals surface area contributed by atoms with Gasteiger partial charge in [-0.3, -0.25) is 4.79 Å². The van der Waals surface area contributed by atoms with Gasteiger partial charge in [0, 0.05) is 11.8 Å². The zero-order valence-electron chi connectivity index (χ0n) is 13.4. The molecule has 0 aromatic heterocycles. The van der Waals surface area contributed by atoms with Crippen LogP contribution in [0.5, 0.6) is 11.5 Å². The Balaban J connectivity index is 1.66. The average molecular weight is 343 g/mol. The van der Waals surface area contributed by atoms with Gasteiger partial charge in [-0.25, -0.2) is 8.78 Å². The van der Waals surface area contributed by atoms with E-state index in [-0.39, 0.29) is 12.3 Å². The topological polar surface area (TPSA) is 47.6 Å². The number of ether oxygens (including phenoxy) is 2. The lowest BCUT2D eigenvalue weighted by Gasteiger charge is -2.09. The second-order valence-corrected chi connectivity index (χ2v) is 5.37. The molecule has 0 heterocycles. The van der Waals surface area contributed by atoms with E-state index < -0.39 is 17.5 Å². The number of hydrogen-bond acceptors (Lipinski definition) is 3. The zero-order valence-corrected chi connectivity index (χ0v) is 13.4. The number of benzene rings is 3. The number of anilines is 1. The summed E-state index contributed by atoms with van der Waals surface area (Å²) in [5.41, 5.74) is 0.0364. The molecule has 3 rings (SSSR count). The Kier molecular flexibility index (Phi) is 4.79. The summed E-state index contributed by atoms with van der Waals surface area (Å²) in [6, 6.07) is 13.8. The Morgan fingerprint density at radius 2 is 1.56 bits per heavy atom. The number of fused-ring (bicyclic) bond motifs is 1. The van der Waals surface area contributed by atoms with E-state index in [0.29, 0.717) is 5.75 Å². The average Bonchev–Trinajstić information content (AvgIpc) is 2.58. The minimum atomic E-state index is -0.764. The predicted molar refractivity (Wildman–Crippen MR) is 91.0 cm³/mol. The van der Waals surface area contributed by atoms with Gasteiger partial charge in [-0.1, -0.05) is 12.1 Å². The van der Waals surface area contributed by atoms with Crippen LogP contribution in [0.25, 0.3) is 10.8 Å². The van der Waals surface area contributed by atoms with Crippen LogP contribution in [0.2, 0.25) is 0 Å². The number of amides is 1. The van der Waals surface area contributed by atoms with Crippen LogP contribution in [0.1, 0.15) is 0 Å². The van der Waals surface area contributed by atoms with Crippen molar-refractivity contribution in [2.24, 2.45) is 0 Å². The molecule has 0 saturated heterocycles. The predicted octanol–water partition coefficient (Wildman–Crippen LogP) is 4.14. The number of nitrogens with one attached hydrogen (secondary N) is 1. The van der Waals surface area contributed by atoms with E-state index >= 15 is 0 Å². The number of methoxy groups -OCH3 is 1. The van der Waals surface area contributed by atoms with E-state index in [1.54, 1.807) is 19.2 Å². The molecule has 0 aliphatic carbocycles. The van der Waals surface area contributed by atoms with Crippen molar-refractivity contribution < 1.29 is 23.0 Å². The molecule has 25 heavy (non-hydrogen) atoms. The van der Waals surface area contributed by atoms with Crippen molar-refractivity contribution in [2.45, 2.75) is 0 Å². The van der Waals surface area contributed by atoms with E-state index in [4.69, 9.17) is 9.47 Å². The van der Waals surface area contributed by atoms with Crippen molar-refractivity contribution >= 4 is 22.4 Å². The van der Waals surface area contributed by atoms with E-state index in [0.717, 1.165) is 34.7 Å². The lowest BCUT2D eigenvalue weighted by molar-refractivity contribution is -0.118. The van der Waals surface area contributed by atoms with Crippen molar-refractivity contribution in [3.05, 3.63) is 66.2 Å². The largest absolute Gasteiger partial charge is 0.497 e. The van der Waals surface area contributed by atoms with Crippen molar-refractivity contribution in [3.8, 4) is 11.5 Å². The highest BCUT2D eigenvalue weighted by Gasteiger charge is 2.07. The molecule has 0 fully saturated rings. The van der Waals surface area contributed by atoms with Crippen LogP contribution in [0.4, 0.5) is 14.5 Å². The summed E-state index contributed by atoms with van der Waals surface area (Å²) in [6.45, 7) is -0.284. The fourth-order valence-corrected chi connectivity index (χ4v) is 2.39. The van der Waals surface area contributed by atoms with Crippen LogP contribution < -0.4 is 14.8 Å². The second-order valence-electron chi connectivity index (χ2n) is 5.37. The van der Waals surface area contributed by atoms with Gasteiger partial charge in [0.1, 0.15) is 23.1 Å². The van der Waals surface area contributed by atoms with Gasteiger partial charge in [0.2, 0.25) is 0 Å². The Morgan fingerprint density at radius 3 is 2.24 bits per heavy atom. The Hall–Kier alpha value is -3.15. The number of rotatable bonds is 5. The molecule has 0 bridgehead atoms. The summed E-state index contributed by atoms with van der Waals surface area (Å²) in [4.78, 5) is 11.9. The SMILES string of the molecule is COc1ccc2ccc(OCC(=O)Nc3cc(F)cc(F)c3)cc2c1. The molecule has 0 unspecified atom stereocenters. The van der Waals surface area contributed by atoms with Gasteiger partial charge in [0.05, 0.1) is 7.11 Å². The van der Waals surface area contributed by atoms with Gasteiger partial charge < -0.3 is 14.8 Å². The Morgan fingerprint density at radius 1 is 0.920 bits per heavy atom. The number of carbonyl (C=O) groups excluding carboxylic acids is 1. The van der Waals surface area contributed by atoms with Crippen LogP contribution in [-0.4, -0.2) is 19.6 Å². The van der Waals surface area contributed by atoms with Crippen LogP contribution in [0.3, 0.4) is 0 Å². The first-order valence-corrected chi connectivity index (χ1v) is 7.50. The van der Waals surface area contributed by atoms with Crippen LogP contribution in [0.15, 0.2) is 54.6 Å². The first kappa shape index (κ1) is 16.7. The molecule has 0 atom stereocenters. The molecule has 3 aromatic carbocycles. The lowest BCUT2D eigenvalue weighted by Crippen LogP contribution is -2.20. The first-order valence-electron chi connectivity index (χ1n) is 7.50. The minimum absolute atomic E-state index is 0.0364. The highest BCUT2D eigenvalue weighted by Crippen LogP contribution is 2.25. The van der Waals surface area contributed by atoms with Crippen LogP contribution in [0, 0.1) is 11.6 Å². The summed E-state index contributed by atoms with van der Waals surface area (Å²) in [7, 11) is 1.58.